The van der Waals surface area contributed by atoms with Crippen molar-refractivity contribution in [3.05, 3.63) is 30.1 Å². The average Bonchev–Trinajstić information content (AvgIpc) is 1.86. The Bertz CT molecular complexity index is 289. The zero-order valence-corrected chi connectivity index (χ0v) is 7.31. The van der Waals surface area contributed by atoms with Crippen LogP contribution in [0.4, 0.5) is 4.39 Å². The van der Waals surface area contributed by atoms with Crippen molar-refractivity contribution < 1.29 is 16.3 Å². The topological polar surface area (TPSA) is 57.5 Å². The Morgan fingerprint density at radius 1 is 1.18 bits per heavy atom. The maximum atomic E-state index is 12.2. The van der Waals surface area contributed by atoms with Crippen molar-refractivity contribution in [2.24, 2.45) is 0 Å². The first-order chi connectivity index (χ1) is 5.00. The molecule has 0 atom stereocenters. The standard InChI is InChI=1S/C6H6AsFO3/c8-6-3-1-5(2-4-6)7(9,10)11/h1-4H,(H2,9,10,11). The van der Waals surface area contributed by atoms with E-state index in [0.29, 0.717) is 0 Å². The Labute approximate surface area is 65.5 Å². The third kappa shape index (κ3) is 2.19. The van der Waals surface area contributed by atoms with Gasteiger partial charge in [0.2, 0.25) is 0 Å². The van der Waals surface area contributed by atoms with Crippen LogP contribution in [0.2, 0.25) is 0 Å². The van der Waals surface area contributed by atoms with Crippen molar-refractivity contribution in [2.45, 2.75) is 0 Å². The van der Waals surface area contributed by atoms with Gasteiger partial charge in [-0.2, -0.15) is 0 Å². The number of hydrogen-bond acceptors (Lipinski definition) is 1. The second kappa shape index (κ2) is 2.81. The van der Waals surface area contributed by atoms with Gasteiger partial charge in [0.1, 0.15) is 0 Å². The first kappa shape index (κ1) is 8.52. The number of benzene rings is 1. The molecule has 60 valence electrons. The molecule has 0 amide bonds. The molecule has 0 aromatic heterocycles. The van der Waals surface area contributed by atoms with Crippen LogP contribution in [-0.4, -0.2) is 22.4 Å². The fraction of sp³-hybridized carbons (Fsp3) is 0. The van der Waals surface area contributed by atoms with E-state index in [1.807, 2.05) is 0 Å². The molecule has 0 aliphatic carbocycles. The molecule has 2 N–H and O–H groups in total. The molecule has 0 radical (unpaired) electrons. The van der Waals surface area contributed by atoms with E-state index in [0.717, 1.165) is 24.3 Å². The predicted molar refractivity (Wildman–Crippen MR) is 36.9 cm³/mol. The molecule has 0 saturated heterocycles. The summed E-state index contributed by atoms with van der Waals surface area (Å²) in [5.41, 5.74) is 0. The monoisotopic (exact) mass is 220 g/mol. The summed E-state index contributed by atoms with van der Waals surface area (Å²) in [6.45, 7) is 0. The van der Waals surface area contributed by atoms with Crippen LogP contribution in [0, 0.1) is 5.82 Å². The van der Waals surface area contributed by atoms with E-state index < -0.39 is 20.0 Å². The quantitative estimate of drug-likeness (QED) is 0.620. The van der Waals surface area contributed by atoms with Gasteiger partial charge < -0.3 is 0 Å². The normalized spacial score (nSPS) is 11.5. The van der Waals surface area contributed by atoms with Gasteiger partial charge in [0, 0.05) is 0 Å². The zero-order chi connectivity index (χ0) is 8.48. The summed E-state index contributed by atoms with van der Waals surface area (Å²) < 4.78 is 40.0. The summed E-state index contributed by atoms with van der Waals surface area (Å²) in [6, 6.07) is 4.23. The molecule has 1 aromatic rings. The molecular formula is C6H6AsFO3. The van der Waals surface area contributed by atoms with E-state index >= 15 is 0 Å². The van der Waals surface area contributed by atoms with Gasteiger partial charge in [-0.1, -0.05) is 0 Å². The van der Waals surface area contributed by atoms with E-state index in [1.54, 1.807) is 0 Å². The Morgan fingerprint density at radius 3 is 2.00 bits per heavy atom. The van der Waals surface area contributed by atoms with Crippen LogP contribution in [0.1, 0.15) is 0 Å². The van der Waals surface area contributed by atoms with E-state index in [-0.39, 0.29) is 4.35 Å². The number of halogens is 1. The molecule has 3 nitrogen and oxygen atoms in total. The summed E-state index contributed by atoms with van der Waals surface area (Å²) in [6.07, 6.45) is 0. The Hall–Kier alpha value is -0.572. The second-order valence-electron chi connectivity index (χ2n) is 2.02. The van der Waals surface area contributed by atoms with Crippen molar-refractivity contribution in [2.75, 3.05) is 0 Å². The van der Waals surface area contributed by atoms with E-state index in [1.165, 1.54) is 0 Å². The third-order valence-corrected chi connectivity index (χ3v) is 3.20. The van der Waals surface area contributed by atoms with Crippen LogP contribution in [0.3, 0.4) is 0 Å². The minimum atomic E-state index is -4.79. The van der Waals surface area contributed by atoms with Crippen molar-refractivity contribution in [1.82, 2.24) is 0 Å². The first-order valence-corrected chi connectivity index (χ1v) is 6.20. The Morgan fingerprint density at radius 2 is 1.64 bits per heavy atom. The molecule has 0 saturated carbocycles. The summed E-state index contributed by atoms with van der Waals surface area (Å²) in [7, 11) is 0. The van der Waals surface area contributed by atoms with Gasteiger partial charge in [0.25, 0.3) is 0 Å². The molecule has 5 heteroatoms. The molecule has 0 aliphatic rings. The van der Waals surface area contributed by atoms with Gasteiger partial charge in [-0.15, -0.1) is 0 Å². The van der Waals surface area contributed by atoms with E-state index in [2.05, 4.69) is 0 Å². The van der Waals surface area contributed by atoms with Gasteiger partial charge in [-0.3, -0.25) is 0 Å². The molecule has 0 spiro atoms. The average molecular weight is 220 g/mol. The fourth-order valence-corrected chi connectivity index (χ4v) is 1.76. The maximum absolute atomic E-state index is 12.2. The summed E-state index contributed by atoms with van der Waals surface area (Å²) in [5.74, 6) is -0.502. The van der Waals surface area contributed by atoms with Crippen molar-refractivity contribution in [3.63, 3.8) is 0 Å². The van der Waals surface area contributed by atoms with Gasteiger partial charge in [-0.25, -0.2) is 0 Å². The Balaban J connectivity index is 3.09. The van der Waals surface area contributed by atoms with Crippen LogP contribution >= 0.6 is 0 Å². The molecule has 0 heterocycles. The van der Waals surface area contributed by atoms with Crippen molar-refractivity contribution >= 4 is 18.5 Å². The van der Waals surface area contributed by atoms with Gasteiger partial charge in [0.15, 0.2) is 0 Å². The van der Waals surface area contributed by atoms with Gasteiger partial charge in [0.05, 0.1) is 0 Å². The van der Waals surface area contributed by atoms with Crippen LogP contribution in [-0.2, 0) is 3.74 Å². The zero-order valence-electron chi connectivity index (χ0n) is 5.44. The van der Waals surface area contributed by atoms with Crippen LogP contribution < -0.4 is 4.35 Å². The van der Waals surface area contributed by atoms with Crippen LogP contribution in [0.5, 0.6) is 0 Å². The molecule has 1 aromatic carbocycles. The molecule has 11 heavy (non-hydrogen) atoms. The SMILES string of the molecule is O=[As](O)(O)c1ccc(F)cc1. The molecule has 0 bridgehead atoms. The molecule has 0 unspecified atom stereocenters. The summed E-state index contributed by atoms with van der Waals surface area (Å²) >= 11 is -4.79. The molecular weight excluding hydrogens is 214 g/mol. The van der Waals surface area contributed by atoms with Crippen LogP contribution in [0.25, 0.3) is 0 Å². The first-order valence-electron chi connectivity index (χ1n) is 2.82. The summed E-state index contributed by atoms with van der Waals surface area (Å²) in [4.78, 5) is 0. The van der Waals surface area contributed by atoms with Gasteiger partial charge >= 0.3 is 64.9 Å². The molecule has 0 fully saturated rings. The van der Waals surface area contributed by atoms with Crippen molar-refractivity contribution in [1.29, 1.82) is 0 Å². The molecule has 1 rings (SSSR count). The minimum absolute atomic E-state index is 0.107. The fourth-order valence-electron chi connectivity index (χ4n) is 0.635. The van der Waals surface area contributed by atoms with E-state index in [9.17, 15) is 8.13 Å². The predicted octanol–water partition coefficient (Wildman–Crippen LogP) is -0.613. The number of hydrogen-bond donors (Lipinski definition) is 2. The van der Waals surface area contributed by atoms with E-state index in [4.69, 9.17) is 8.19 Å². The summed E-state index contributed by atoms with van der Waals surface area (Å²) in [5, 5.41) is 0. The van der Waals surface area contributed by atoms with Crippen LogP contribution in [0.15, 0.2) is 24.3 Å². The van der Waals surface area contributed by atoms with Gasteiger partial charge in [-0.05, 0) is 0 Å². The third-order valence-electron chi connectivity index (χ3n) is 1.16. The number of rotatable bonds is 1. The Kier molecular flexibility index (Phi) is 2.18. The molecule has 0 aliphatic heterocycles. The van der Waals surface area contributed by atoms with Crippen molar-refractivity contribution in [3.8, 4) is 0 Å². The second-order valence-corrected chi connectivity index (χ2v) is 5.39.